The second-order valence-corrected chi connectivity index (χ2v) is 4.18. The zero-order valence-corrected chi connectivity index (χ0v) is 10.4. The van der Waals surface area contributed by atoms with E-state index in [0.29, 0.717) is 11.5 Å². The van der Waals surface area contributed by atoms with Crippen molar-refractivity contribution in [3.05, 3.63) is 23.7 Å². The summed E-state index contributed by atoms with van der Waals surface area (Å²) in [5, 5.41) is 0. The van der Waals surface area contributed by atoms with Crippen molar-refractivity contribution in [1.29, 1.82) is 0 Å². The van der Waals surface area contributed by atoms with E-state index in [4.69, 9.17) is 17.3 Å². The lowest BCUT2D eigenvalue weighted by Gasteiger charge is -2.12. The summed E-state index contributed by atoms with van der Waals surface area (Å²) in [7, 11) is 0. The van der Waals surface area contributed by atoms with Crippen molar-refractivity contribution >= 4 is 28.7 Å². The molecule has 2 aromatic rings. The number of amides is 1. The van der Waals surface area contributed by atoms with Crippen LogP contribution in [0.1, 0.15) is 24.4 Å². The fraction of sp³-hybridized carbons (Fsp3) is 0.364. The Labute approximate surface area is 104 Å². The summed E-state index contributed by atoms with van der Waals surface area (Å²) in [6.07, 6.45) is 1.68. The molecule has 1 atom stereocenters. The van der Waals surface area contributed by atoms with Gasteiger partial charge in [0, 0.05) is 6.20 Å². The third-order valence-corrected chi connectivity index (χ3v) is 3.01. The van der Waals surface area contributed by atoms with Crippen LogP contribution in [-0.2, 0) is 10.7 Å². The van der Waals surface area contributed by atoms with Crippen LogP contribution in [0.3, 0.4) is 0 Å². The Morgan fingerprint density at radius 3 is 2.94 bits per heavy atom. The Morgan fingerprint density at radius 2 is 2.35 bits per heavy atom. The molecule has 0 saturated carbocycles. The predicted octanol–water partition coefficient (Wildman–Crippen LogP) is 1.52. The number of carbonyl (C=O) groups excluding carboxylic acids is 1. The van der Waals surface area contributed by atoms with Crippen molar-refractivity contribution in [2.75, 3.05) is 0 Å². The molecule has 2 heterocycles. The molecule has 0 saturated heterocycles. The minimum atomic E-state index is -0.511. The van der Waals surface area contributed by atoms with Crippen molar-refractivity contribution in [2.24, 2.45) is 5.73 Å². The largest absolute Gasteiger partial charge is 0.368 e. The van der Waals surface area contributed by atoms with Gasteiger partial charge in [-0.2, -0.15) is 0 Å². The average Bonchev–Trinajstić information content (AvgIpc) is 2.67. The molecule has 0 aliphatic rings. The number of halogens is 1. The molecule has 1 unspecified atom stereocenters. The molecule has 90 valence electrons. The maximum absolute atomic E-state index is 11.3. The number of aryl methyl sites for hydroxylation is 1. The molecule has 0 spiro atoms. The molecule has 2 N–H and O–H groups in total. The Hall–Kier alpha value is -1.62. The molecule has 0 aromatic carbocycles. The number of imidazole rings is 1. The normalized spacial score (nSPS) is 12.9. The molecule has 6 heteroatoms. The van der Waals surface area contributed by atoms with Gasteiger partial charge in [-0.05, 0) is 25.5 Å². The number of hydrogen-bond acceptors (Lipinski definition) is 3. The van der Waals surface area contributed by atoms with Gasteiger partial charge >= 0.3 is 0 Å². The second kappa shape index (κ2) is 4.33. The van der Waals surface area contributed by atoms with E-state index in [-0.39, 0.29) is 5.88 Å². The van der Waals surface area contributed by atoms with Crippen LogP contribution >= 0.6 is 11.6 Å². The quantitative estimate of drug-likeness (QED) is 0.842. The number of hydrogen-bond donors (Lipinski definition) is 1. The van der Waals surface area contributed by atoms with E-state index in [9.17, 15) is 4.79 Å². The number of nitrogens with zero attached hydrogens (tertiary/aromatic N) is 3. The highest BCUT2D eigenvalue weighted by Crippen LogP contribution is 2.22. The molecular weight excluding hydrogens is 240 g/mol. The summed E-state index contributed by atoms with van der Waals surface area (Å²) in [4.78, 5) is 19.9. The number of carbonyl (C=O) groups is 1. The SMILES string of the molecule is Cc1ccnc2c1nc(CCl)n2C(C)C(N)=O. The molecule has 0 radical (unpaired) electrons. The summed E-state index contributed by atoms with van der Waals surface area (Å²) in [6.45, 7) is 3.65. The van der Waals surface area contributed by atoms with Crippen LogP contribution in [0.2, 0.25) is 0 Å². The number of aromatic nitrogens is 3. The highest BCUT2D eigenvalue weighted by atomic mass is 35.5. The number of rotatable bonds is 3. The van der Waals surface area contributed by atoms with E-state index >= 15 is 0 Å². The lowest BCUT2D eigenvalue weighted by Crippen LogP contribution is -2.25. The van der Waals surface area contributed by atoms with Crippen LogP contribution in [0.15, 0.2) is 12.3 Å². The molecule has 17 heavy (non-hydrogen) atoms. The lowest BCUT2D eigenvalue weighted by molar-refractivity contribution is -0.120. The Bertz CT molecular complexity index is 578. The number of primary amides is 1. The number of pyridine rings is 1. The number of fused-ring (bicyclic) bond motifs is 1. The van der Waals surface area contributed by atoms with Crippen LogP contribution < -0.4 is 5.73 Å². The standard InChI is InChI=1S/C11H13ClN4O/c1-6-3-4-14-11-9(6)15-8(5-12)16(11)7(2)10(13)17/h3-4,7H,5H2,1-2H3,(H2,13,17). The molecule has 0 fully saturated rings. The fourth-order valence-electron chi connectivity index (χ4n) is 1.78. The highest BCUT2D eigenvalue weighted by molar-refractivity contribution is 6.16. The molecule has 0 aliphatic heterocycles. The summed E-state index contributed by atoms with van der Waals surface area (Å²) in [5.74, 6) is 0.390. The fourth-order valence-corrected chi connectivity index (χ4v) is 1.97. The van der Waals surface area contributed by atoms with Crippen molar-refractivity contribution in [3.8, 4) is 0 Å². The molecule has 5 nitrogen and oxygen atoms in total. The zero-order valence-electron chi connectivity index (χ0n) is 9.64. The topological polar surface area (TPSA) is 73.8 Å². The van der Waals surface area contributed by atoms with Crippen LogP contribution in [0, 0.1) is 6.92 Å². The first-order chi connectivity index (χ1) is 8.06. The van der Waals surface area contributed by atoms with Crippen LogP contribution in [0.5, 0.6) is 0 Å². The summed E-state index contributed by atoms with van der Waals surface area (Å²) >= 11 is 5.84. The minimum Gasteiger partial charge on any atom is -0.368 e. The molecule has 0 bridgehead atoms. The first-order valence-electron chi connectivity index (χ1n) is 5.24. The average molecular weight is 253 g/mol. The third kappa shape index (κ3) is 1.86. The summed E-state index contributed by atoms with van der Waals surface area (Å²) < 4.78 is 1.69. The lowest BCUT2D eigenvalue weighted by atomic mass is 10.2. The molecule has 2 aromatic heterocycles. The van der Waals surface area contributed by atoms with E-state index in [1.807, 2.05) is 13.0 Å². The van der Waals surface area contributed by atoms with Gasteiger partial charge in [0.25, 0.3) is 0 Å². The molecular formula is C11H13ClN4O. The van der Waals surface area contributed by atoms with E-state index in [1.165, 1.54) is 0 Å². The highest BCUT2D eigenvalue weighted by Gasteiger charge is 2.20. The maximum Gasteiger partial charge on any atom is 0.240 e. The van der Waals surface area contributed by atoms with Gasteiger partial charge in [0.2, 0.25) is 5.91 Å². The molecule has 2 rings (SSSR count). The Kier molecular flexibility index (Phi) is 3.02. The van der Waals surface area contributed by atoms with Gasteiger partial charge in [-0.15, -0.1) is 11.6 Å². The third-order valence-electron chi connectivity index (χ3n) is 2.77. The van der Waals surface area contributed by atoms with Gasteiger partial charge < -0.3 is 5.73 Å². The van der Waals surface area contributed by atoms with Crippen LogP contribution in [0.25, 0.3) is 11.2 Å². The zero-order chi connectivity index (χ0) is 12.6. The van der Waals surface area contributed by atoms with Crippen LogP contribution in [0.4, 0.5) is 0 Å². The van der Waals surface area contributed by atoms with Crippen molar-refractivity contribution < 1.29 is 4.79 Å². The van der Waals surface area contributed by atoms with E-state index in [1.54, 1.807) is 17.7 Å². The van der Waals surface area contributed by atoms with Crippen molar-refractivity contribution in [3.63, 3.8) is 0 Å². The Morgan fingerprint density at radius 1 is 1.65 bits per heavy atom. The minimum absolute atomic E-state index is 0.216. The molecule has 0 aliphatic carbocycles. The van der Waals surface area contributed by atoms with Gasteiger partial charge in [-0.1, -0.05) is 0 Å². The summed E-state index contributed by atoms with van der Waals surface area (Å²) in [5.41, 5.74) is 7.72. The van der Waals surface area contributed by atoms with E-state index < -0.39 is 11.9 Å². The van der Waals surface area contributed by atoms with Crippen molar-refractivity contribution in [2.45, 2.75) is 25.8 Å². The van der Waals surface area contributed by atoms with Gasteiger partial charge in [0.1, 0.15) is 17.4 Å². The number of alkyl halides is 1. The van der Waals surface area contributed by atoms with Crippen molar-refractivity contribution in [1.82, 2.24) is 14.5 Å². The smallest absolute Gasteiger partial charge is 0.240 e. The van der Waals surface area contributed by atoms with Gasteiger partial charge in [-0.25, -0.2) is 9.97 Å². The van der Waals surface area contributed by atoms with E-state index in [2.05, 4.69) is 9.97 Å². The maximum atomic E-state index is 11.3. The van der Waals surface area contributed by atoms with E-state index in [0.717, 1.165) is 11.1 Å². The number of nitrogens with two attached hydrogens (primary N) is 1. The predicted molar refractivity (Wildman–Crippen MR) is 65.7 cm³/mol. The van der Waals surface area contributed by atoms with Crippen LogP contribution in [-0.4, -0.2) is 20.4 Å². The first-order valence-corrected chi connectivity index (χ1v) is 5.77. The second-order valence-electron chi connectivity index (χ2n) is 3.91. The monoisotopic (exact) mass is 252 g/mol. The first kappa shape index (κ1) is 11.9. The molecule has 1 amide bonds. The van der Waals surface area contributed by atoms with Gasteiger partial charge in [0.05, 0.1) is 5.88 Å². The van der Waals surface area contributed by atoms with Gasteiger partial charge in [0.15, 0.2) is 5.65 Å². The Balaban J connectivity index is 2.75. The summed E-state index contributed by atoms with van der Waals surface area (Å²) in [6, 6.07) is 1.36. The van der Waals surface area contributed by atoms with Gasteiger partial charge in [-0.3, -0.25) is 9.36 Å².